The summed E-state index contributed by atoms with van der Waals surface area (Å²) in [5.41, 5.74) is 2.40. The van der Waals surface area contributed by atoms with E-state index in [1.54, 1.807) is 4.68 Å². The first-order chi connectivity index (χ1) is 23.0. The van der Waals surface area contributed by atoms with E-state index in [4.69, 9.17) is 9.47 Å². The largest absolute Gasteiger partial charge is 0.482 e. The first-order valence-corrected chi connectivity index (χ1v) is 17.1. The number of fused-ring (bicyclic) bond motifs is 2. The van der Waals surface area contributed by atoms with Crippen LogP contribution in [0.25, 0.3) is 5.69 Å². The monoisotopic (exact) mass is 630 g/mol. The van der Waals surface area contributed by atoms with E-state index in [2.05, 4.69) is 31.8 Å². The SMILES string of the molecule is O=C(NCc1ccccc1)[C@H]1CC23CCC1(O)C1Oc4c(Oc5nnnn5-c5ccccc5)ccc5c4C12CCN(CC1CC1)C3C5. The third kappa shape index (κ3) is 3.79. The van der Waals surface area contributed by atoms with Crippen LogP contribution in [0.3, 0.4) is 0 Å². The van der Waals surface area contributed by atoms with Crippen molar-refractivity contribution in [2.75, 3.05) is 13.1 Å². The Morgan fingerprint density at radius 2 is 1.83 bits per heavy atom. The smallest absolute Gasteiger partial charge is 0.346 e. The van der Waals surface area contributed by atoms with Crippen LogP contribution in [0.1, 0.15) is 55.2 Å². The number of carbonyl (C=O) groups excluding carboxylic acids is 1. The summed E-state index contributed by atoms with van der Waals surface area (Å²) in [7, 11) is 0. The zero-order valence-electron chi connectivity index (χ0n) is 26.2. The summed E-state index contributed by atoms with van der Waals surface area (Å²) in [4.78, 5) is 16.9. The zero-order chi connectivity index (χ0) is 31.4. The number of nitrogens with one attached hydrogen (secondary N) is 1. The van der Waals surface area contributed by atoms with E-state index in [-0.39, 0.29) is 17.3 Å². The van der Waals surface area contributed by atoms with E-state index in [9.17, 15) is 9.90 Å². The van der Waals surface area contributed by atoms with E-state index in [0.717, 1.165) is 49.5 Å². The predicted molar refractivity (Wildman–Crippen MR) is 171 cm³/mol. The van der Waals surface area contributed by atoms with Crippen molar-refractivity contribution in [2.24, 2.45) is 17.3 Å². The van der Waals surface area contributed by atoms with Gasteiger partial charge in [0.1, 0.15) is 11.7 Å². The molecule has 5 fully saturated rings. The summed E-state index contributed by atoms with van der Waals surface area (Å²) in [6.45, 7) is 2.53. The molecule has 10 nitrogen and oxygen atoms in total. The standard InChI is InChI=1S/C37H38N6O4/c44-32(38-21-23-7-3-1-4-8-23)27-20-35-15-16-37(27,45)33-36(35)17-18-42(22-24-11-12-24)29(35)19-25-13-14-28(31(47-33)30(25)36)46-34-39-40-41-43(34)26-9-5-2-6-10-26/h1-10,13-14,24,27,29,33,45H,11-12,15-22H2,(H,38,44)/t27-,29?,33?,35?,36?,37?/m1/s1. The highest BCUT2D eigenvalue weighted by Crippen LogP contribution is 2.76. The summed E-state index contributed by atoms with van der Waals surface area (Å²) in [6, 6.07) is 24.3. The molecule has 1 aromatic heterocycles. The van der Waals surface area contributed by atoms with E-state index < -0.39 is 23.0 Å². The average molecular weight is 631 g/mol. The van der Waals surface area contributed by atoms with Gasteiger partial charge in [-0.05, 0) is 97.2 Å². The molecule has 11 rings (SSSR count). The fourth-order valence-corrected chi connectivity index (χ4v) is 10.4. The Kier molecular flexibility index (Phi) is 5.84. The van der Waals surface area contributed by atoms with Gasteiger partial charge < -0.3 is 19.9 Å². The quantitative estimate of drug-likeness (QED) is 0.296. The van der Waals surface area contributed by atoms with Gasteiger partial charge in [0.2, 0.25) is 5.91 Å². The lowest BCUT2D eigenvalue weighted by Gasteiger charge is -2.73. The zero-order valence-corrected chi connectivity index (χ0v) is 26.2. The maximum atomic E-state index is 14.1. The molecule has 1 amide bonds. The third-order valence-corrected chi connectivity index (χ3v) is 12.6. The molecule has 6 atom stereocenters. The molecule has 3 heterocycles. The molecule has 1 saturated heterocycles. The summed E-state index contributed by atoms with van der Waals surface area (Å²) in [5, 5.41) is 28.3. The number of hydrogen-bond acceptors (Lipinski definition) is 8. The van der Waals surface area contributed by atoms with Gasteiger partial charge in [0.25, 0.3) is 0 Å². The Morgan fingerprint density at radius 3 is 2.64 bits per heavy atom. The number of rotatable bonds is 8. The van der Waals surface area contributed by atoms with Crippen LogP contribution in [0.15, 0.2) is 72.8 Å². The first-order valence-electron chi connectivity index (χ1n) is 17.1. The molecule has 4 bridgehead atoms. The topological polar surface area (TPSA) is 115 Å². The van der Waals surface area contributed by atoms with Gasteiger partial charge >= 0.3 is 6.01 Å². The van der Waals surface area contributed by atoms with Crippen LogP contribution < -0.4 is 14.8 Å². The number of para-hydroxylation sites is 1. The van der Waals surface area contributed by atoms with E-state index in [1.165, 1.54) is 24.0 Å². The van der Waals surface area contributed by atoms with Crippen LogP contribution >= 0.6 is 0 Å². The van der Waals surface area contributed by atoms with E-state index in [0.29, 0.717) is 36.9 Å². The number of hydrogen-bond donors (Lipinski definition) is 2. The van der Waals surface area contributed by atoms with Gasteiger partial charge in [-0.25, -0.2) is 0 Å². The molecular weight excluding hydrogens is 592 g/mol. The number of piperidine rings is 1. The summed E-state index contributed by atoms with van der Waals surface area (Å²) < 4.78 is 15.1. The average Bonchev–Trinajstić information content (AvgIpc) is 3.66. The molecule has 2 spiro atoms. The van der Waals surface area contributed by atoms with Gasteiger partial charge in [-0.2, -0.15) is 4.68 Å². The van der Waals surface area contributed by atoms with Gasteiger partial charge in [0.05, 0.1) is 11.6 Å². The summed E-state index contributed by atoms with van der Waals surface area (Å²) in [6.07, 6.45) is 5.96. The Bertz CT molecular complexity index is 1880. The molecule has 3 aromatic carbocycles. The molecule has 4 saturated carbocycles. The summed E-state index contributed by atoms with van der Waals surface area (Å²) >= 11 is 0. The lowest BCUT2D eigenvalue weighted by molar-refractivity contribution is -0.264. The van der Waals surface area contributed by atoms with Crippen molar-refractivity contribution < 1.29 is 19.4 Å². The molecule has 7 aliphatic rings. The number of benzene rings is 3. The third-order valence-electron chi connectivity index (χ3n) is 12.6. The van der Waals surface area contributed by atoms with Crippen molar-refractivity contribution in [1.29, 1.82) is 0 Å². The minimum atomic E-state index is -1.30. The van der Waals surface area contributed by atoms with Crippen molar-refractivity contribution in [1.82, 2.24) is 30.4 Å². The highest BCUT2D eigenvalue weighted by molar-refractivity contribution is 5.81. The number of amides is 1. The fourth-order valence-electron chi connectivity index (χ4n) is 10.4. The van der Waals surface area contributed by atoms with Crippen molar-refractivity contribution in [3.05, 3.63) is 89.5 Å². The summed E-state index contributed by atoms with van der Waals surface area (Å²) in [5.74, 6) is 1.35. The number of ether oxygens (including phenoxy) is 2. The molecule has 2 N–H and O–H groups in total. The predicted octanol–water partition coefficient (Wildman–Crippen LogP) is 4.34. The number of tetrazole rings is 1. The molecule has 0 radical (unpaired) electrons. The van der Waals surface area contributed by atoms with Crippen LogP contribution in [0.5, 0.6) is 17.5 Å². The maximum Gasteiger partial charge on any atom is 0.346 e. The molecule has 5 aliphatic carbocycles. The second kappa shape index (κ2) is 9.87. The highest BCUT2D eigenvalue weighted by Gasteiger charge is 2.81. The Morgan fingerprint density at radius 1 is 1.02 bits per heavy atom. The number of nitrogens with zero attached hydrogens (tertiary/aromatic N) is 5. The maximum absolute atomic E-state index is 14.1. The molecule has 5 unspecified atom stereocenters. The number of carbonyl (C=O) groups is 1. The molecule has 240 valence electrons. The number of likely N-dealkylation sites (tertiary alicyclic amines) is 1. The molecule has 10 heteroatoms. The van der Waals surface area contributed by atoms with Gasteiger partial charge in [0, 0.05) is 35.5 Å². The second-order valence-electron chi connectivity index (χ2n) is 14.7. The Balaban J connectivity index is 1.07. The highest BCUT2D eigenvalue weighted by atomic mass is 16.5. The van der Waals surface area contributed by atoms with Crippen molar-refractivity contribution >= 4 is 5.91 Å². The lowest BCUT2D eigenvalue weighted by atomic mass is 9.35. The van der Waals surface area contributed by atoms with Crippen molar-refractivity contribution in [2.45, 2.75) is 74.7 Å². The minimum absolute atomic E-state index is 0.0824. The first kappa shape index (κ1) is 27.8. The van der Waals surface area contributed by atoms with E-state index in [1.807, 2.05) is 66.7 Å². The molecule has 2 aliphatic heterocycles. The fraction of sp³-hybridized carbons (Fsp3) is 0.459. The molecule has 47 heavy (non-hydrogen) atoms. The van der Waals surface area contributed by atoms with Crippen molar-refractivity contribution in [3.63, 3.8) is 0 Å². The number of aromatic nitrogens is 4. The Hall–Kier alpha value is -4.28. The van der Waals surface area contributed by atoms with Crippen LogP contribution in [0, 0.1) is 17.3 Å². The minimum Gasteiger partial charge on any atom is -0.482 e. The van der Waals surface area contributed by atoms with Crippen molar-refractivity contribution in [3.8, 4) is 23.2 Å². The van der Waals surface area contributed by atoms with Crippen LogP contribution in [0.2, 0.25) is 0 Å². The van der Waals surface area contributed by atoms with Crippen LogP contribution in [0.4, 0.5) is 0 Å². The van der Waals surface area contributed by atoms with Gasteiger partial charge in [0.15, 0.2) is 11.5 Å². The Labute approximate surface area is 273 Å². The number of aliphatic hydroxyl groups is 1. The van der Waals surface area contributed by atoms with Gasteiger partial charge in [-0.3, -0.25) is 9.69 Å². The van der Waals surface area contributed by atoms with Crippen LogP contribution in [-0.2, 0) is 23.2 Å². The van der Waals surface area contributed by atoms with Gasteiger partial charge in [-0.15, -0.1) is 0 Å². The normalized spacial score (nSPS) is 32.8. The molecular formula is C37H38N6O4. The lowest BCUT2D eigenvalue weighted by Crippen LogP contribution is -2.81. The van der Waals surface area contributed by atoms with Gasteiger partial charge in [-0.1, -0.05) is 59.7 Å². The second-order valence-corrected chi connectivity index (χ2v) is 14.7. The van der Waals surface area contributed by atoms with Crippen LogP contribution in [-0.4, -0.2) is 67.0 Å². The molecule has 4 aromatic rings. The van der Waals surface area contributed by atoms with E-state index >= 15 is 0 Å².